The standard InChI is InChI=1S/C15H30N2/c1-3-13-9-7-8-12-17(13)15-11-6-4-5-10-14(15)16-2/h13-16H,3-12H2,1-2H3. The zero-order valence-corrected chi connectivity index (χ0v) is 11.8. The summed E-state index contributed by atoms with van der Waals surface area (Å²) in [6, 6.07) is 2.42. The highest BCUT2D eigenvalue weighted by molar-refractivity contribution is 4.90. The van der Waals surface area contributed by atoms with Crippen LogP contribution in [-0.2, 0) is 0 Å². The predicted octanol–water partition coefficient (Wildman–Crippen LogP) is 3.17. The third kappa shape index (κ3) is 3.23. The molecular weight excluding hydrogens is 208 g/mol. The van der Waals surface area contributed by atoms with E-state index in [-0.39, 0.29) is 0 Å². The van der Waals surface area contributed by atoms with Crippen molar-refractivity contribution in [2.45, 2.75) is 82.8 Å². The molecule has 3 atom stereocenters. The van der Waals surface area contributed by atoms with E-state index in [0.29, 0.717) is 0 Å². The highest BCUT2D eigenvalue weighted by atomic mass is 15.2. The van der Waals surface area contributed by atoms with Gasteiger partial charge in [0.2, 0.25) is 0 Å². The molecule has 2 fully saturated rings. The fourth-order valence-electron chi connectivity index (χ4n) is 3.92. The van der Waals surface area contributed by atoms with Crippen molar-refractivity contribution in [1.82, 2.24) is 10.2 Å². The minimum Gasteiger partial charge on any atom is -0.315 e. The van der Waals surface area contributed by atoms with Crippen molar-refractivity contribution in [3.63, 3.8) is 0 Å². The van der Waals surface area contributed by atoms with Gasteiger partial charge in [0.1, 0.15) is 0 Å². The van der Waals surface area contributed by atoms with E-state index in [1.807, 2.05) is 0 Å². The fraction of sp³-hybridized carbons (Fsp3) is 1.00. The van der Waals surface area contributed by atoms with Crippen molar-refractivity contribution in [2.24, 2.45) is 0 Å². The van der Waals surface area contributed by atoms with E-state index >= 15 is 0 Å². The van der Waals surface area contributed by atoms with Crippen LogP contribution in [0.15, 0.2) is 0 Å². The van der Waals surface area contributed by atoms with Gasteiger partial charge >= 0.3 is 0 Å². The van der Waals surface area contributed by atoms with Crippen molar-refractivity contribution in [3.8, 4) is 0 Å². The number of piperidine rings is 1. The summed E-state index contributed by atoms with van der Waals surface area (Å²) in [5.41, 5.74) is 0. The van der Waals surface area contributed by atoms with E-state index < -0.39 is 0 Å². The topological polar surface area (TPSA) is 15.3 Å². The molecule has 0 aromatic rings. The Morgan fingerprint density at radius 1 is 1.00 bits per heavy atom. The second-order valence-electron chi connectivity index (χ2n) is 5.90. The highest BCUT2D eigenvalue weighted by Crippen LogP contribution is 2.29. The summed E-state index contributed by atoms with van der Waals surface area (Å²) in [5, 5.41) is 3.59. The summed E-state index contributed by atoms with van der Waals surface area (Å²) in [6.45, 7) is 3.72. The Morgan fingerprint density at radius 2 is 1.76 bits per heavy atom. The smallest absolute Gasteiger partial charge is 0.0252 e. The Hall–Kier alpha value is -0.0800. The Balaban J connectivity index is 2.04. The number of nitrogens with zero attached hydrogens (tertiary/aromatic N) is 1. The maximum absolute atomic E-state index is 3.59. The highest BCUT2D eigenvalue weighted by Gasteiger charge is 2.32. The monoisotopic (exact) mass is 238 g/mol. The molecule has 0 radical (unpaired) electrons. The second kappa shape index (κ2) is 6.75. The summed E-state index contributed by atoms with van der Waals surface area (Å²) in [6.07, 6.45) is 12.8. The SMILES string of the molecule is CCC1CCCCN1C1CCCCCC1NC. The molecule has 2 heteroatoms. The lowest BCUT2D eigenvalue weighted by molar-refractivity contribution is 0.0669. The van der Waals surface area contributed by atoms with Gasteiger partial charge in [0.05, 0.1) is 0 Å². The minimum atomic E-state index is 0.740. The van der Waals surface area contributed by atoms with Crippen LogP contribution in [0.25, 0.3) is 0 Å². The molecule has 2 rings (SSSR count). The van der Waals surface area contributed by atoms with Crippen molar-refractivity contribution >= 4 is 0 Å². The zero-order chi connectivity index (χ0) is 12.1. The molecular formula is C15H30N2. The van der Waals surface area contributed by atoms with Crippen molar-refractivity contribution < 1.29 is 0 Å². The summed E-state index contributed by atoms with van der Waals surface area (Å²) in [5.74, 6) is 0. The van der Waals surface area contributed by atoms with Crippen LogP contribution >= 0.6 is 0 Å². The van der Waals surface area contributed by atoms with Gasteiger partial charge in [-0.15, -0.1) is 0 Å². The quantitative estimate of drug-likeness (QED) is 0.760. The third-order valence-electron chi connectivity index (χ3n) is 4.92. The molecule has 3 unspecified atom stereocenters. The molecule has 0 aromatic heterocycles. The molecule has 1 aliphatic heterocycles. The molecule has 1 aliphatic carbocycles. The van der Waals surface area contributed by atoms with Gasteiger partial charge in [0, 0.05) is 18.1 Å². The molecule has 100 valence electrons. The van der Waals surface area contributed by atoms with E-state index in [9.17, 15) is 0 Å². The van der Waals surface area contributed by atoms with Gasteiger partial charge in [-0.1, -0.05) is 32.6 Å². The van der Waals surface area contributed by atoms with E-state index in [1.54, 1.807) is 0 Å². The molecule has 0 spiro atoms. The summed E-state index contributed by atoms with van der Waals surface area (Å²) in [4.78, 5) is 2.86. The first-order valence-electron chi connectivity index (χ1n) is 7.79. The first kappa shape index (κ1) is 13.4. The molecule has 17 heavy (non-hydrogen) atoms. The molecule has 1 heterocycles. The number of rotatable bonds is 3. The Bertz CT molecular complexity index is 217. The van der Waals surface area contributed by atoms with Crippen LogP contribution in [0.5, 0.6) is 0 Å². The van der Waals surface area contributed by atoms with Crippen LogP contribution in [-0.4, -0.2) is 36.6 Å². The van der Waals surface area contributed by atoms with Crippen LogP contribution in [0.2, 0.25) is 0 Å². The lowest BCUT2D eigenvalue weighted by Crippen LogP contribution is -2.54. The Labute approximate surface area is 107 Å². The van der Waals surface area contributed by atoms with Gasteiger partial charge in [-0.05, 0) is 45.7 Å². The molecule has 0 bridgehead atoms. The molecule has 2 aliphatic rings. The van der Waals surface area contributed by atoms with Gasteiger partial charge in [0.15, 0.2) is 0 Å². The van der Waals surface area contributed by atoms with E-state index in [4.69, 9.17) is 0 Å². The number of hydrogen-bond acceptors (Lipinski definition) is 2. The van der Waals surface area contributed by atoms with E-state index in [0.717, 1.165) is 18.1 Å². The van der Waals surface area contributed by atoms with Crippen molar-refractivity contribution in [1.29, 1.82) is 0 Å². The minimum absolute atomic E-state index is 0.740. The predicted molar refractivity (Wildman–Crippen MR) is 74.4 cm³/mol. The number of likely N-dealkylation sites (N-methyl/N-ethyl adjacent to an activating group) is 1. The maximum atomic E-state index is 3.59. The van der Waals surface area contributed by atoms with Gasteiger partial charge < -0.3 is 5.32 Å². The molecule has 1 saturated heterocycles. The average Bonchev–Trinajstić information content (AvgIpc) is 2.63. The van der Waals surface area contributed by atoms with Crippen molar-refractivity contribution in [3.05, 3.63) is 0 Å². The van der Waals surface area contributed by atoms with E-state index in [2.05, 4.69) is 24.2 Å². The summed E-state index contributed by atoms with van der Waals surface area (Å²) in [7, 11) is 2.16. The number of nitrogens with one attached hydrogen (secondary N) is 1. The first-order chi connectivity index (χ1) is 8.36. The molecule has 1 N–H and O–H groups in total. The summed E-state index contributed by atoms with van der Waals surface area (Å²) >= 11 is 0. The van der Waals surface area contributed by atoms with Crippen LogP contribution in [0, 0.1) is 0 Å². The number of hydrogen-bond donors (Lipinski definition) is 1. The van der Waals surface area contributed by atoms with Gasteiger partial charge in [-0.25, -0.2) is 0 Å². The lowest BCUT2D eigenvalue weighted by Gasteiger charge is -2.44. The third-order valence-corrected chi connectivity index (χ3v) is 4.92. The van der Waals surface area contributed by atoms with Crippen LogP contribution < -0.4 is 5.32 Å². The summed E-state index contributed by atoms with van der Waals surface area (Å²) < 4.78 is 0. The molecule has 0 amide bonds. The second-order valence-corrected chi connectivity index (χ2v) is 5.90. The molecule has 2 nitrogen and oxygen atoms in total. The fourth-order valence-corrected chi connectivity index (χ4v) is 3.92. The van der Waals surface area contributed by atoms with Gasteiger partial charge in [-0.2, -0.15) is 0 Å². The average molecular weight is 238 g/mol. The maximum Gasteiger partial charge on any atom is 0.0252 e. The first-order valence-corrected chi connectivity index (χ1v) is 7.79. The number of likely N-dealkylation sites (tertiary alicyclic amines) is 1. The largest absolute Gasteiger partial charge is 0.315 e. The van der Waals surface area contributed by atoms with Gasteiger partial charge in [-0.3, -0.25) is 4.90 Å². The van der Waals surface area contributed by atoms with Crippen LogP contribution in [0.3, 0.4) is 0 Å². The van der Waals surface area contributed by atoms with Gasteiger partial charge in [0.25, 0.3) is 0 Å². The van der Waals surface area contributed by atoms with Crippen LogP contribution in [0.4, 0.5) is 0 Å². The van der Waals surface area contributed by atoms with Crippen LogP contribution in [0.1, 0.15) is 64.7 Å². The molecule has 0 aromatic carbocycles. The lowest BCUT2D eigenvalue weighted by atomic mass is 9.93. The Kier molecular flexibility index (Phi) is 5.30. The Morgan fingerprint density at radius 3 is 2.53 bits per heavy atom. The van der Waals surface area contributed by atoms with E-state index in [1.165, 1.54) is 64.3 Å². The normalized spacial score (nSPS) is 36.7. The molecule has 1 saturated carbocycles. The zero-order valence-electron chi connectivity index (χ0n) is 11.8. The van der Waals surface area contributed by atoms with Crippen molar-refractivity contribution in [2.75, 3.05) is 13.6 Å².